The third-order valence-corrected chi connectivity index (χ3v) is 19.4. The van der Waals surface area contributed by atoms with Crippen LogP contribution in [0.4, 0.5) is 17.1 Å². The van der Waals surface area contributed by atoms with Gasteiger partial charge in [-0.15, -0.1) is 15.0 Å². The highest BCUT2D eigenvalue weighted by molar-refractivity contribution is 6.08. The molecule has 15 heteroatoms. The highest BCUT2D eigenvalue weighted by atomic mass is 16.6. The molecule has 0 amide bonds. The number of carbonyl (C=O) groups is 3. The van der Waals surface area contributed by atoms with Crippen molar-refractivity contribution in [3.63, 3.8) is 0 Å². The molecule has 87 heavy (non-hydrogen) atoms. The maximum Gasteiger partial charge on any atom is 0.327 e. The molecule has 1 aromatic heterocycles. The van der Waals surface area contributed by atoms with Crippen molar-refractivity contribution < 1.29 is 42.8 Å². The zero-order valence-corrected chi connectivity index (χ0v) is 55.1. The van der Waals surface area contributed by atoms with Gasteiger partial charge in [0.2, 0.25) is 0 Å². The SMILES string of the molecule is CCCCC1C(=O)C1(CC)OC(CC)CCC(CC)(Nc1ccccc1)Oc1nc(OC(CC)(CCC(CC)OC2(CC)C(=O)C2CCCC)Nc2ccccc2)nc(OC(CC)(CCC(CC)OC2(CC)C(=O)C2CCCC)Nc2ccccc2)n1. The number of ether oxygens (including phenoxy) is 6. The Hall–Kier alpha value is -5.64. The van der Waals surface area contributed by atoms with Gasteiger partial charge in [0, 0.05) is 55.6 Å². The Balaban J connectivity index is 1.30. The van der Waals surface area contributed by atoms with E-state index in [4.69, 9.17) is 43.4 Å². The number of ketones is 3. The van der Waals surface area contributed by atoms with Crippen LogP contribution >= 0.6 is 0 Å². The third kappa shape index (κ3) is 16.8. The molecular formula is C72H108N6O9. The Morgan fingerprint density at radius 2 is 0.655 bits per heavy atom. The number of nitrogens with zero attached hydrogens (tertiary/aromatic N) is 3. The lowest BCUT2D eigenvalue weighted by Crippen LogP contribution is -2.47. The first-order chi connectivity index (χ1) is 42.1. The number of rotatable bonds is 45. The van der Waals surface area contributed by atoms with Gasteiger partial charge in [-0.05, 0) is 113 Å². The van der Waals surface area contributed by atoms with Crippen LogP contribution in [0.1, 0.15) is 237 Å². The molecule has 12 unspecified atom stereocenters. The van der Waals surface area contributed by atoms with E-state index in [9.17, 15) is 14.4 Å². The Morgan fingerprint density at radius 1 is 0.402 bits per heavy atom. The van der Waals surface area contributed by atoms with Crippen LogP contribution < -0.4 is 30.2 Å². The molecule has 15 nitrogen and oxygen atoms in total. The van der Waals surface area contributed by atoms with Crippen LogP contribution in [-0.2, 0) is 28.6 Å². The lowest BCUT2D eigenvalue weighted by molar-refractivity contribution is -0.123. The van der Waals surface area contributed by atoms with E-state index >= 15 is 0 Å². The van der Waals surface area contributed by atoms with E-state index < -0.39 is 34.0 Å². The Morgan fingerprint density at radius 3 is 0.862 bits per heavy atom. The normalized spacial score (nSPS) is 24.4. The van der Waals surface area contributed by atoms with Crippen LogP contribution in [0.25, 0.3) is 0 Å². The number of unbranched alkanes of at least 4 members (excludes halogenated alkanes) is 3. The molecule has 0 saturated heterocycles. The number of hydrogen-bond donors (Lipinski definition) is 3. The summed E-state index contributed by atoms with van der Waals surface area (Å²) >= 11 is 0. The molecule has 3 aromatic carbocycles. The predicted molar refractivity (Wildman–Crippen MR) is 347 cm³/mol. The van der Waals surface area contributed by atoms with Crippen LogP contribution in [0, 0.1) is 17.8 Å². The van der Waals surface area contributed by atoms with Crippen LogP contribution in [-0.4, -0.2) is 84.6 Å². The minimum Gasteiger partial charge on any atom is -0.437 e. The summed E-state index contributed by atoms with van der Waals surface area (Å²) in [6.45, 7) is 25.3. The fourth-order valence-electron chi connectivity index (χ4n) is 13.3. The van der Waals surface area contributed by atoms with E-state index in [1.165, 1.54) is 0 Å². The van der Waals surface area contributed by atoms with Crippen LogP contribution in [0.2, 0.25) is 0 Å². The average molecular weight is 1200 g/mol. The van der Waals surface area contributed by atoms with Crippen molar-refractivity contribution in [2.24, 2.45) is 17.8 Å². The highest BCUT2D eigenvalue weighted by Gasteiger charge is 2.67. The first-order valence-electron chi connectivity index (χ1n) is 34.1. The van der Waals surface area contributed by atoms with Gasteiger partial charge in [0.05, 0.1) is 36.1 Å². The van der Waals surface area contributed by atoms with E-state index in [-0.39, 0.29) is 71.4 Å². The molecular weight excluding hydrogens is 1090 g/mol. The zero-order chi connectivity index (χ0) is 62.7. The molecule has 0 aliphatic heterocycles. The van der Waals surface area contributed by atoms with Gasteiger partial charge in [-0.1, -0.05) is 176 Å². The number of benzene rings is 3. The lowest BCUT2D eigenvalue weighted by atomic mass is 9.99. The summed E-state index contributed by atoms with van der Waals surface area (Å²) in [5, 5.41) is 11.3. The molecule has 1 heterocycles. The maximum atomic E-state index is 13.6. The number of hydrogen-bond acceptors (Lipinski definition) is 15. The van der Waals surface area contributed by atoms with Crippen molar-refractivity contribution in [1.82, 2.24) is 15.0 Å². The second-order valence-electron chi connectivity index (χ2n) is 25.0. The van der Waals surface area contributed by atoms with Gasteiger partial charge in [-0.2, -0.15) is 0 Å². The maximum absolute atomic E-state index is 13.6. The number of aromatic nitrogens is 3. The smallest absolute Gasteiger partial charge is 0.327 e. The minimum absolute atomic E-state index is 0.0132. The van der Waals surface area contributed by atoms with E-state index in [0.29, 0.717) is 96.3 Å². The number of nitrogens with one attached hydrogen (secondary N) is 3. The molecule has 7 rings (SSSR count). The fraction of sp³-hybridized carbons (Fsp3) is 0.667. The molecule has 0 radical (unpaired) electrons. The summed E-state index contributed by atoms with van der Waals surface area (Å²) in [5.41, 5.74) is -3.07. The zero-order valence-electron chi connectivity index (χ0n) is 55.1. The van der Waals surface area contributed by atoms with Crippen LogP contribution in [0.3, 0.4) is 0 Å². The van der Waals surface area contributed by atoms with E-state index in [1.54, 1.807) is 0 Å². The van der Waals surface area contributed by atoms with Gasteiger partial charge < -0.3 is 44.4 Å². The van der Waals surface area contributed by atoms with Gasteiger partial charge in [0.25, 0.3) is 0 Å². The summed E-state index contributed by atoms with van der Waals surface area (Å²) in [6, 6.07) is 29.9. The molecule has 12 atom stereocenters. The molecule has 3 saturated carbocycles. The molecule has 480 valence electrons. The topological polar surface area (TPSA) is 181 Å². The molecule has 0 bridgehead atoms. The van der Waals surface area contributed by atoms with Gasteiger partial charge in [0.1, 0.15) is 16.8 Å². The van der Waals surface area contributed by atoms with Crippen molar-refractivity contribution in [3.05, 3.63) is 91.0 Å². The van der Waals surface area contributed by atoms with E-state index in [2.05, 4.69) is 99.0 Å². The predicted octanol–water partition coefficient (Wildman–Crippen LogP) is 17.0. The van der Waals surface area contributed by atoms with E-state index in [0.717, 1.165) is 74.8 Å². The number of anilines is 3. The molecule has 3 aliphatic rings. The molecule has 0 spiro atoms. The molecule has 3 N–H and O–H groups in total. The lowest BCUT2D eigenvalue weighted by Gasteiger charge is -2.38. The molecule has 4 aromatic rings. The summed E-state index contributed by atoms with van der Waals surface area (Å²) in [4.78, 5) is 56.0. The quantitative estimate of drug-likeness (QED) is 0.0355. The van der Waals surface area contributed by atoms with Crippen molar-refractivity contribution in [2.45, 2.75) is 289 Å². The summed E-state index contributed by atoms with van der Waals surface area (Å²) in [5.74, 6) is 0.401. The number of Topliss-reactive ketones (excluding diaryl/α,β-unsaturated/α-hetero) is 3. The van der Waals surface area contributed by atoms with Gasteiger partial charge >= 0.3 is 18.0 Å². The monoisotopic (exact) mass is 1200 g/mol. The first-order valence-corrected chi connectivity index (χ1v) is 34.1. The van der Waals surface area contributed by atoms with Crippen LogP contribution in [0.5, 0.6) is 18.0 Å². The van der Waals surface area contributed by atoms with Crippen molar-refractivity contribution in [3.8, 4) is 18.0 Å². The second kappa shape index (κ2) is 31.7. The van der Waals surface area contributed by atoms with Crippen LogP contribution in [0.15, 0.2) is 91.0 Å². The highest BCUT2D eigenvalue weighted by Crippen LogP contribution is 2.52. The number of carbonyl (C=O) groups excluding carboxylic acids is 3. The molecule has 3 aliphatic carbocycles. The Labute approximate surface area is 522 Å². The van der Waals surface area contributed by atoms with Crippen molar-refractivity contribution in [2.75, 3.05) is 16.0 Å². The standard InChI is InChI=1S/C72H108N6O9/c1-13-25-43-58-61(79)70(58,22-10)82-55(16-4)46-49-67(19-7,76-52-37-31-28-32-38-52)85-64-73-65(86-68(20-8,77-53-39-33-29-34-40-53)50-47-56(17-5)83-71(23-11)59(62(71)80)44-26-14-2)75-66(74-64)87-69(21-9,78-54-41-35-30-36-42-54)51-48-57(18-6)84-72(24-12)60(63(72)81)45-27-15-3/h28-42,55-60,76-78H,13-27,43-51H2,1-12H3. The third-order valence-electron chi connectivity index (χ3n) is 19.4. The summed E-state index contributed by atoms with van der Waals surface area (Å²) < 4.78 is 42.7. The van der Waals surface area contributed by atoms with Crippen molar-refractivity contribution in [1.29, 1.82) is 0 Å². The summed E-state index contributed by atoms with van der Waals surface area (Å²) in [7, 11) is 0. The largest absolute Gasteiger partial charge is 0.437 e. The van der Waals surface area contributed by atoms with E-state index in [1.807, 2.05) is 91.0 Å². The second-order valence-corrected chi connectivity index (χ2v) is 25.0. The minimum atomic E-state index is -1.11. The number of para-hydroxylation sites is 3. The van der Waals surface area contributed by atoms with Gasteiger partial charge in [-0.25, -0.2) is 0 Å². The molecule has 3 fully saturated rings. The Kier molecular flexibility index (Phi) is 25.1. The fourth-order valence-corrected chi connectivity index (χ4v) is 13.3. The van der Waals surface area contributed by atoms with Crippen molar-refractivity contribution >= 4 is 34.4 Å². The Bertz CT molecular complexity index is 2460. The average Bonchev–Trinajstić information content (AvgIpc) is 1.62. The van der Waals surface area contributed by atoms with Gasteiger partial charge in [0.15, 0.2) is 34.5 Å². The summed E-state index contributed by atoms with van der Waals surface area (Å²) in [6.07, 6.45) is 16.5. The first kappa shape index (κ1) is 68.8. The van der Waals surface area contributed by atoms with Gasteiger partial charge in [-0.3, -0.25) is 14.4 Å².